The Morgan fingerprint density at radius 1 is 0.978 bits per heavy atom. The van der Waals surface area contributed by atoms with Gasteiger partial charge in [-0.25, -0.2) is 18.7 Å². The van der Waals surface area contributed by atoms with Crippen LogP contribution in [0.5, 0.6) is 5.75 Å². The number of rotatable bonds is 6. The van der Waals surface area contributed by atoms with Gasteiger partial charge in [-0.3, -0.25) is 0 Å². The average Bonchev–Trinajstić information content (AvgIpc) is 3.34. The van der Waals surface area contributed by atoms with Crippen LogP contribution in [0.2, 0.25) is 21.6 Å². The van der Waals surface area contributed by atoms with E-state index in [-0.39, 0.29) is 33.0 Å². The summed E-state index contributed by atoms with van der Waals surface area (Å²) in [6.07, 6.45) is 5.53. The fraction of sp³-hybridized carbons (Fsp3) is 0.459. The Balaban J connectivity index is 1.62. The Morgan fingerprint density at radius 3 is 2.24 bits per heavy atom. The topological polar surface area (TPSA) is 49.2 Å². The molecule has 46 heavy (non-hydrogen) atoms. The summed E-state index contributed by atoms with van der Waals surface area (Å²) in [6, 6.07) is 7.72. The van der Waals surface area contributed by atoms with Crippen molar-refractivity contribution in [1.82, 2.24) is 9.97 Å². The van der Waals surface area contributed by atoms with Crippen molar-refractivity contribution in [3.8, 4) is 28.3 Å². The zero-order valence-corrected chi connectivity index (χ0v) is 30.2. The lowest BCUT2D eigenvalue weighted by atomic mass is 9.92. The molecule has 2 fully saturated rings. The molecule has 0 spiro atoms. The standard InChI is InChI=1S/C37H42ClF2N3OSSi/c1-20(2)46(21(3)4,22(5)6)13-12-27-31(39)11-10-25-15-26(44)16-28(32(25)27)33-30(38)17-29-35(34(33)40)41-37(45-7)42-36(29)43-18-23-8-9-24(14-23)19-43/h10-11,15-17,20-24,44H,8-9,14,18-19H2,1-7H3. The molecule has 1 aliphatic heterocycles. The number of hydrogen-bond acceptors (Lipinski definition) is 5. The van der Waals surface area contributed by atoms with Crippen molar-refractivity contribution in [2.45, 2.75) is 82.6 Å². The van der Waals surface area contributed by atoms with Crippen molar-refractivity contribution in [1.29, 1.82) is 0 Å². The third kappa shape index (κ3) is 5.56. The Kier molecular flexibility index (Phi) is 9.08. The highest BCUT2D eigenvalue weighted by atomic mass is 35.5. The van der Waals surface area contributed by atoms with Crippen LogP contribution in [0, 0.1) is 34.9 Å². The number of phenols is 1. The number of phenolic OH excluding ortho intramolecular Hbond substituents is 1. The van der Waals surface area contributed by atoms with E-state index in [0.29, 0.717) is 55.6 Å². The van der Waals surface area contributed by atoms with Gasteiger partial charge in [0.1, 0.15) is 31.0 Å². The zero-order valence-electron chi connectivity index (χ0n) is 27.6. The summed E-state index contributed by atoms with van der Waals surface area (Å²) in [5.41, 5.74) is 5.40. The lowest BCUT2D eigenvalue weighted by Gasteiger charge is -2.38. The van der Waals surface area contributed by atoms with Gasteiger partial charge in [0.05, 0.1) is 10.6 Å². The van der Waals surface area contributed by atoms with Crippen LogP contribution in [-0.4, -0.2) is 42.5 Å². The Hall–Kier alpha value is -2.86. The quantitative estimate of drug-likeness (QED) is 0.0952. The van der Waals surface area contributed by atoms with Crippen LogP contribution in [0.3, 0.4) is 0 Å². The number of fused-ring (bicyclic) bond motifs is 4. The van der Waals surface area contributed by atoms with Crippen LogP contribution in [-0.2, 0) is 0 Å². The molecule has 0 radical (unpaired) electrons. The Morgan fingerprint density at radius 2 is 1.63 bits per heavy atom. The molecule has 4 nitrogen and oxygen atoms in total. The Labute approximate surface area is 281 Å². The van der Waals surface area contributed by atoms with E-state index in [1.165, 1.54) is 43.2 Å². The molecule has 0 amide bonds. The molecule has 2 aliphatic rings. The molecule has 3 aromatic carbocycles. The van der Waals surface area contributed by atoms with Crippen molar-refractivity contribution < 1.29 is 13.9 Å². The monoisotopic (exact) mass is 677 g/mol. The minimum atomic E-state index is -2.23. The lowest BCUT2D eigenvalue weighted by Crippen LogP contribution is -2.43. The first-order valence-electron chi connectivity index (χ1n) is 16.3. The van der Waals surface area contributed by atoms with Crippen molar-refractivity contribution in [2.24, 2.45) is 11.8 Å². The van der Waals surface area contributed by atoms with E-state index in [4.69, 9.17) is 16.6 Å². The Bertz CT molecular complexity index is 1870. The molecule has 1 N–H and O–H groups in total. The molecule has 1 saturated carbocycles. The van der Waals surface area contributed by atoms with E-state index < -0.39 is 19.7 Å². The number of nitrogens with zero attached hydrogens (tertiary/aromatic N) is 3. The number of hydrogen-bond donors (Lipinski definition) is 1. The summed E-state index contributed by atoms with van der Waals surface area (Å²) in [4.78, 5) is 11.8. The third-order valence-corrected chi connectivity index (χ3v) is 17.7. The first kappa shape index (κ1) is 33.1. The predicted octanol–water partition coefficient (Wildman–Crippen LogP) is 10.6. The van der Waals surface area contributed by atoms with E-state index in [0.717, 1.165) is 13.1 Å². The van der Waals surface area contributed by atoms with Crippen LogP contribution >= 0.6 is 23.4 Å². The van der Waals surface area contributed by atoms with Crippen molar-refractivity contribution in [3.05, 3.63) is 52.6 Å². The molecule has 2 atom stereocenters. The van der Waals surface area contributed by atoms with Gasteiger partial charge in [0.2, 0.25) is 0 Å². The summed E-state index contributed by atoms with van der Waals surface area (Å²) in [7, 11) is -2.23. The number of aromatic nitrogens is 2. The molecule has 6 rings (SSSR count). The molecule has 2 unspecified atom stereocenters. The van der Waals surface area contributed by atoms with Crippen molar-refractivity contribution in [2.75, 3.05) is 24.2 Å². The highest BCUT2D eigenvalue weighted by Gasteiger charge is 2.42. The molecule has 1 aliphatic carbocycles. The van der Waals surface area contributed by atoms with Gasteiger partial charge in [0, 0.05) is 29.4 Å². The zero-order chi connectivity index (χ0) is 33.1. The first-order chi connectivity index (χ1) is 21.8. The van der Waals surface area contributed by atoms with Gasteiger partial charge in [-0.2, -0.15) is 0 Å². The van der Waals surface area contributed by atoms with Crippen molar-refractivity contribution in [3.63, 3.8) is 0 Å². The second-order valence-corrected chi connectivity index (χ2v) is 20.8. The number of halogens is 3. The molecule has 1 saturated heterocycles. The summed E-state index contributed by atoms with van der Waals surface area (Å²) in [6.45, 7) is 15.0. The predicted molar refractivity (Wildman–Crippen MR) is 192 cm³/mol. The fourth-order valence-electron chi connectivity index (χ4n) is 8.47. The molecular formula is C37H42ClF2N3OSSi. The highest BCUT2D eigenvalue weighted by Crippen LogP contribution is 2.46. The lowest BCUT2D eigenvalue weighted by molar-refractivity contribution is 0.419. The molecule has 1 aromatic heterocycles. The van der Waals surface area contributed by atoms with E-state index in [1.54, 1.807) is 18.2 Å². The number of anilines is 1. The maximum absolute atomic E-state index is 17.0. The normalized spacial score (nSPS) is 18.3. The second kappa shape index (κ2) is 12.6. The summed E-state index contributed by atoms with van der Waals surface area (Å²) in [5, 5.41) is 13.0. The molecular weight excluding hydrogens is 636 g/mol. The highest BCUT2D eigenvalue weighted by molar-refractivity contribution is 7.98. The van der Waals surface area contributed by atoms with E-state index in [1.807, 2.05) is 6.26 Å². The minimum Gasteiger partial charge on any atom is -0.508 e. The van der Waals surface area contributed by atoms with E-state index >= 15 is 8.78 Å². The first-order valence-corrected chi connectivity index (χ1v) is 20.2. The summed E-state index contributed by atoms with van der Waals surface area (Å²) >= 11 is 8.36. The molecule has 9 heteroatoms. The van der Waals surface area contributed by atoms with Gasteiger partial charge in [-0.1, -0.05) is 76.9 Å². The fourth-order valence-corrected chi connectivity index (χ4v) is 14.3. The molecule has 242 valence electrons. The van der Waals surface area contributed by atoms with Crippen LogP contribution < -0.4 is 4.90 Å². The van der Waals surface area contributed by atoms with Crippen LogP contribution in [0.4, 0.5) is 14.6 Å². The van der Waals surface area contributed by atoms with Crippen LogP contribution in [0.1, 0.15) is 66.4 Å². The van der Waals surface area contributed by atoms with E-state index in [2.05, 4.69) is 62.9 Å². The number of thioether (sulfide) groups is 1. The minimum absolute atomic E-state index is 0.0687. The maximum Gasteiger partial charge on any atom is 0.189 e. The summed E-state index contributed by atoms with van der Waals surface area (Å²) < 4.78 is 32.9. The number of aromatic hydroxyl groups is 1. The molecule has 2 heterocycles. The van der Waals surface area contributed by atoms with Crippen LogP contribution in [0.25, 0.3) is 32.8 Å². The second-order valence-electron chi connectivity index (χ2n) is 14.1. The van der Waals surface area contributed by atoms with Gasteiger partial charge in [-0.15, -0.1) is 5.54 Å². The maximum atomic E-state index is 17.0. The van der Waals surface area contributed by atoms with E-state index in [9.17, 15) is 5.11 Å². The molecule has 2 bridgehead atoms. The largest absolute Gasteiger partial charge is 0.508 e. The summed E-state index contributed by atoms with van der Waals surface area (Å²) in [5.74, 6) is 4.03. The number of piperidine rings is 1. The third-order valence-electron chi connectivity index (χ3n) is 10.5. The van der Waals surface area contributed by atoms with Crippen molar-refractivity contribution >= 4 is 58.9 Å². The smallest absolute Gasteiger partial charge is 0.189 e. The van der Waals surface area contributed by atoms with Gasteiger partial charge in [0.15, 0.2) is 11.0 Å². The SMILES string of the molecule is CSc1nc(N2CC3CCC(C3)C2)c2cc(Cl)c(-c3cc(O)cc4ccc(F)c(C#C[Si](C(C)C)(C(C)C)C(C)C)c34)c(F)c2n1. The average molecular weight is 678 g/mol. The molecule has 4 aromatic rings. The van der Waals surface area contributed by atoms with Gasteiger partial charge < -0.3 is 10.0 Å². The van der Waals surface area contributed by atoms with Gasteiger partial charge >= 0.3 is 0 Å². The van der Waals surface area contributed by atoms with Gasteiger partial charge in [0.25, 0.3) is 0 Å². The van der Waals surface area contributed by atoms with Crippen LogP contribution in [0.15, 0.2) is 35.5 Å². The van der Waals surface area contributed by atoms with Gasteiger partial charge in [-0.05, 0) is 89.2 Å². The number of benzene rings is 3.